The quantitative estimate of drug-likeness (QED) is 0.910. The number of nitrogens with one attached hydrogen (secondary N) is 1. The fraction of sp³-hybridized carbons (Fsp3) is 0.250. The molecule has 2 aromatic rings. The second-order valence-electron chi connectivity index (χ2n) is 4.76. The molecule has 98 valence electrons. The second kappa shape index (κ2) is 5.22. The molecule has 1 aliphatic heterocycles. The van der Waals surface area contributed by atoms with Crippen LogP contribution in [0.15, 0.2) is 48.5 Å². The van der Waals surface area contributed by atoms with Crippen molar-refractivity contribution in [2.45, 2.75) is 6.54 Å². The van der Waals surface area contributed by atoms with Gasteiger partial charge in [0.25, 0.3) is 0 Å². The first-order chi connectivity index (χ1) is 9.34. The summed E-state index contributed by atoms with van der Waals surface area (Å²) in [5, 5.41) is 3.37. The van der Waals surface area contributed by atoms with E-state index in [-0.39, 0.29) is 0 Å². The molecule has 2 aromatic carbocycles. The molecule has 1 heterocycles. The predicted molar refractivity (Wildman–Crippen MR) is 79.0 cm³/mol. The summed E-state index contributed by atoms with van der Waals surface area (Å²) in [6, 6.07) is 16.7. The molecule has 0 atom stereocenters. The van der Waals surface area contributed by atoms with Gasteiger partial charge < -0.3 is 15.0 Å². The smallest absolute Gasteiger partial charge is 0.147 e. The maximum Gasteiger partial charge on any atom is 0.147 e. The highest BCUT2D eigenvalue weighted by Crippen LogP contribution is 2.32. The van der Waals surface area contributed by atoms with Gasteiger partial charge in [0, 0.05) is 31.4 Å². The van der Waals surface area contributed by atoms with E-state index in [4.69, 9.17) is 4.74 Å². The summed E-state index contributed by atoms with van der Waals surface area (Å²) in [5.41, 5.74) is 3.53. The highest BCUT2D eigenvalue weighted by Gasteiger charge is 2.14. The molecule has 0 unspecified atom stereocenters. The van der Waals surface area contributed by atoms with Crippen LogP contribution in [0.3, 0.4) is 0 Å². The first kappa shape index (κ1) is 11.9. The molecule has 0 saturated carbocycles. The van der Waals surface area contributed by atoms with Crippen LogP contribution in [0.5, 0.6) is 5.75 Å². The Morgan fingerprint density at radius 1 is 1.11 bits per heavy atom. The van der Waals surface area contributed by atoms with Gasteiger partial charge in [-0.25, -0.2) is 0 Å². The Balaban J connectivity index is 1.84. The van der Waals surface area contributed by atoms with E-state index < -0.39 is 0 Å². The van der Waals surface area contributed by atoms with Gasteiger partial charge >= 0.3 is 0 Å². The van der Waals surface area contributed by atoms with Crippen LogP contribution in [-0.4, -0.2) is 20.2 Å². The average Bonchev–Trinajstić information content (AvgIpc) is 2.48. The average molecular weight is 254 g/mol. The van der Waals surface area contributed by atoms with Gasteiger partial charge in [0.2, 0.25) is 0 Å². The van der Waals surface area contributed by atoms with E-state index in [0.29, 0.717) is 0 Å². The van der Waals surface area contributed by atoms with Crippen molar-refractivity contribution >= 4 is 11.4 Å². The van der Waals surface area contributed by atoms with Crippen LogP contribution < -0.4 is 15.0 Å². The highest BCUT2D eigenvalue weighted by atomic mass is 16.5. The first-order valence-corrected chi connectivity index (χ1v) is 6.59. The zero-order valence-corrected chi connectivity index (χ0v) is 11.1. The molecule has 0 aromatic heterocycles. The molecule has 3 heteroatoms. The van der Waals surface area contributed by atoms with E-state index in [1.807, 2.05) is 6.07 Å². The molecule has 0 saturated heterocycles. The summed E-state index contributed by atoms with van der Waals surface area (Å²) in [4.78, 5) is 2.23. The van der Waals surface area contributed by atoms with Gasteiger partial charge in [0.1, 0.15) is 12.4 Å². The third-order valence-electron chi connectivity index (χ3n) is 3.36. The van der Waals surface area contributed by atoms with Crippen molar-refractivity contribution in [3.8, 4) is 5.75 Å². The fourth-order valence-electron chi connectivity index (χ4n) is 2.39. The van der Waals surface area contributed by atoms with Crippen molar-refractivity contribution < 1.29 is 4.74 Å². The summed E-state index contributed by atoms with van der Waals surface area (Å²) in [5.74, 6) is 0.997. The molecule has 1 aliphatic rings. The van der Waals surface area contributed by atoms with Crippen LogP contribution in [0.25, 0.3) is 0 Å². The van der Waals surface area contributed by atoms with Crippen molar-refractivity contribution in [3.05, 3.63) is 54.1 Å². The molecule has 3 nitrogen and oxygen atoms in total. The van der Waals surface area contributed by atoms with Crippen LogP contribution in [0.4, 0.5) is 11.4 Å². The van der Waals surface area contributed by atoms with Gasteiger partial charge in [0.05, 0.1) is 5.69 Å². The number of benzene rings is 2. The Morgan fingerprint density at radius 3 is 2.79 bits per heavy atom. The van der Waals surface area contributed by atoms with Crippen LogP contribution in [-0.2, 0) is 6.54 Å². The fourth-order valence-corrected chi connectivity index (χ4v) is 2.39. The molecule has 0 spiro atoms. The van der Waals surface area contributed by atoms with E-state index in [1.54, 1.807) is 0 Å². The normalized spacial score (nSPS) is 13.1. The number of hydrogen-bond donors (Lipinski definition) is 1. The van der Waals surface area contributed by atoms with Gasteiger partial charge in [-0.3, -0.25) is 0 Å². The minimum absolute atomic E-state index is 0.735. The lowest BCUT2D eigenvalue weighted by Gasteiger charge is -2.25. The predicted octanol–water partition coefficient (Wildman–Crippen LogP) is 3.13. The molecular weight excluding hydrogens is 236 g/mol. The molecule has 0 fully saturated rings. The third kappa shape index (κ3) is 2.50. The van der Waals surface area contributed by atoms with Crippen LogP contribution in [0.2, 0.25) is 0 Å². The van der Waals surface area contributed by atoms with Crippen molar-refractivity contribution in [1.29, 1.82) is 0 Å². The van der Waals surface area contributed by atoms with Crippen molar-refractivity contribution in [2.75, 3.05) is 30.4 Å². The van der Waals surface area contributed by atoms with E-state index in [0.717, 1.165) is 31.1 Å². The summed E-state index contributed by atoms with van der Waals surface area (Å²) < 4.78 is 5.80. The highest BCUT2D eigenvalue weighted by molar-refractivity contribution is 5.62. The Bertz CT molecular complexity index is 554. The van der Waals surface area contributed by atoms with E-state index in [1.165, 1.54) is 11.3 Å². The molecule has 0 aliphatic carbocycles. The first-order valence-electron chi connectivity index (χ1n) is 6.59. The van der Waals surface area contributed by atoms with Crippen LogP contribution >= 0.6 is 0 Å². The zero-order valence-electron chi connectivity index (χ0n) is 11.1. The maximum absolute atomic E-state index is 5.80. The van der Waals surface area contributed by atoms with Gasteiger partial charge in [-0.2, -0.15) is 0 Å². The Labute approximate surface area is 113 Å². The molecule has 0 radical (unpaired) electrons. The lowest BCUT2D eigenvalue weighted by atomic mass is 10.1. The summed E-state index contributed by atoms with van der Waals surface area (Å²) >= 11 is 0. The minimum atomic E-state index is 0.735. The number of hydrogen-bond acceptors (Lipinski definition) is 3. The van der Waals surface area contributed by atoms with E-state index in [2.05, 4.69) is 59.7 Å². The van der Waals surface area contributed by atoms with Crippen molar-refractivity contribution in [1.82, 2.24) is 0 Å². The van der Waals surface area contributed by atoms with Gasteiger partial charge in [-0.1, -0.05) is 30.3 Å². The number of fused-ring (bicyclic) bond motifs is 1. The number of rotatable bonds is 3. The van der Waals surface area contributed by atoms with E-state index >= 15 is 0 Å². The minimum Gasteiger partial charge on any atom is -0.489 e. The molecule has 19 heavy (non-hydrogen) atoms. The van der Waals surface area contributed by atoms with Crippen LogP contribution in [0.1, 0.15) is 5.56 Å². The largest absolute Gasteiger partial charge is 0.489 e. The van der Waals surface area contributed by atoms with Crippen molar-refractivity contribution in [2.24, 2.45) is 0 Å². The van der Waals surface area contributed by atoms with Gasteiger partial charge in [0.15, 0.2) is 0 Å². The summed E-state index contributed by atoms with van der Waals surface area (Å²) in [6.07, 6.45) is 0. The maximum atomic E-state index is 5.80. The van der Waals surface area contributed by atoms with Gasteiger partial charge in [-0.15, -0.1) is 0 Å². The number of nitrogens with zero attached hydrogens (tertiary/aromatic N) is 1. The lowest BCUT2D eigenvalue weighted by molar-refractivity contribution is 0.320. The molecule has 1 N–H and O–H groups in total. The van der Waals surface area contributed by atoms with Crippen molar-refractivity contribution in [3.63, 3.8) is 0 Å². The Kier molecular flexibility index (Phi) is 3.27. The summed E-state index contributed by atoms with van der Waals surface area (Å²) in [7, 11) is 2.10. The monoisotopic (exact) mass is 254 g/mol. The molecular formula is C16H18N2O. The lowest BCUT2D eigenvalue weighted by Crippen LogP contribution is -2.22. The van der Waals surface area contributed by atoms with E-state index in [9.17, 15) is 0 Å². The number of anilines is 2. The SMILES string of the molecule is CN(Cc1cccc2c1OCCN2)c1ccccc1. The number of para-hydroxylation sites is 2. The Hall–Kier alpha value is -2.16. The third-order valence-corrected chi connectivity index (χ3v) is 3.36. The topological polar surface area (TPSA) is 24.5 Å². The summed E-state index contributed by atoms with van der Waals surface area (Å²) in [6.45, 7) is 2.46. The number of ether oxygens (including phenoxy) is 1. The molecule has 0 bridgehead atoms. The molecule has 3 rings (SSSR count). The Morgan fingerprint density at radius 2 is 1.95 bits per heavy atom. The van der Waals surface area contributed by atoms with Gasteiger partial charge in [-0.05, 0) is 18.2 Å². The standard InChI is InChI=1S/C16H18N2O/c1-18(14-7-3-2-4-8-14)12-13-6-5-9-15-16(13)19-11-10-17-15/h2-9,17H,10-12H2,1H3. The molecule has 0 amide bonds. The van der Waals surface area contributed by atoms with Crippen LogP contribution in [0, 0.1) is 0 Å². The second-order valence-corrected chi connectivity index (χ2v) is 4.76. The zero-order chi connectivity index (χ0) is 13.1.